The van der Waals surface area contributed by atoms with Crippen LogP contribution in [0.25, 0.3) is 0 Å². The van der Waals surface area contributed by atoms with Crippen LogP contribution in [0, 0.1) is 18.7 Å². The Hall–Kier alpha value is -2.49. The zero-order valence-corrected chi connectivity index (χ0v) is 15.1. The minimum absolute atomic E-state index is 0.131. The molecule has 2 fully saturated rings. The van der Waals surface area contributed by atoms with Crippen LogP contribution in [-0.2, 0) is 0 Å². The molecule has 0 bridgehead atoms. The number of aromatic nitrogens is 2. The number of halogens is 1. The molecule has 1 aliphatic carbocycles. The molecular weight excluding hydrogens is 349 g/mol. The van der Waals surface area contributed by atoms with E-state index in [1.54, 1.807) is 24.5 Å². The van der Waals surface area contributed by atoms with Gasteiger partial charge in [0, 0.05) is 18.2 Å². The number of nitrogens with two attached hydrogens (primary N) is 1. The van der Waals surface area contributed by atoms with Crippen molar-refractivity contribution in [3.63, 3.8) is 0 Å². The molecule has 6 N–H and O–H groups in total. The Balaban J connectivity index is 1.43. The van der Waals surface area contributed by atoms with Gasteiger partial charge in [0.05, 0.1) is 29.8 Å². The average Bonchev–Trinajstić information content (AvgIpc) is 3.25. The maximum absolute atomic E-state index is 13.8. The summed E-state index contributed by atoms with van der Waals surface area (Å²) in [6.45, 7) is 1.83. The van der Waals surface area contributed by atoms with Crippen molar-refractivity contribution in [2.75, 3.05) is 10.6 Å². The number of benzene rings is 1. The second-order valence-corrected chi connectivity index (χ2v) is 7.27. The summed E-state index contributed by atoms with van der Waals surface area (Å²) in [5.41, 5.74) is 14.1. The predicted molar refractivity (Wildman–Crippen MR) is 100 cm³/mol. The third kappa shape index (κ3) is 3.66. The van der Waals surface area contributed by atoms with Gasteiger partial charge in [0.15, 0.2) is 0 Å². The van der Waals surface area contributed by atoms with Crippen LogP contribution < -0.4 is 27.2 Å². The highest BCUT2D eigenvalue weighted by Crippen LogP contribution is 2.37. The Kier molecular flexibility index (Phi) is 4.81. The van der Waals surface area contributed by atoms with Crippen LogP contribution in [0.1, 0.15) is 30.9 Å². The van der Waals surface area contributed by atoms with Crippen molar-refractivity contribution >= 4 is 17.4 Å². The second-order valence-electron chi connectivity index (χ2n) is 7.27. The first-order valence-corrected chi connectivity index (χ1v) is 9.16. The van der Waals surface area contributed by atoms with E-state index in [0.717, 1.165) is 24.8 Å². The van der Waals surface area contributed by atoms with Gasteiger partial charge in [-0.05, 0) is 43.9 Å². The number of hydrogen-bond donors (Lipinski definition) is 5. The summed E-state index contributed by atoms with van der Waals surface area (Å²) in [7, 11) is 0. The van der Waals surface area contributed by atoms with Gasteiger partial charge in [-0.25, -0.2) is 14.6 Å². The fraction of sp³-hybridized carbons (Fsp3) is 0.444. The maximum atomic E-state index is 13.8. The number of carbonyl (C=O) groups excluding carboxylic acids is 1. The molecule has 2 amide bonds. The van der Waals surface area contributed by atoms with Crippen LogP contribution in [0.3, 0.4) is 0 Å². The number of nitrogens with zero attached hydrogens (tertiary/aromatic N) is 2. The lowest BCUT2D eigenvalue weighted by Gasteiger charge is -2.34. The average molecular weight is 373 g/mol. The molecule has 4 atom stereocenters. The van der Waals surface area contributed by atoms with Crippen molar-refractivity contribution in [2.45, 2.75) is 44.4 Å². The molecule has 2 heterocycles. The van der Waals surface area contributed by atoms with Crippen LogP contribution in [0.4, 0.5) is 20.6 Å². The van der Waals surface area contributed by atoms with Crippen molar-refractivity contribution in [3.05, 3.63) is 42.0 Å². The number of hydrazine groups is 1. The van der Waals surface area contributed by atoms with Gasteiger partial charge in [-0.3, -0.25) is 10.1 Å². The first kappa shape index (κ1) is 17.9. The number of anilines is 2. The standard InChI is InChI=1S/C18H24FN7O/c1-10-5-6-12(19)14(7-10)23-18(27)22-11-8-21-26(9-11)15-4-2-3-13-16(15)17(20)25-24-13/h5-9,13,15-17,24-25H,2-4,20H2,1H3,(H2,22,23,27). The molecule has 0 spiro atoms. The van der Waals surface area contributed by atoms with Gasteiger partial charge < -0.3 is 16.4 Å². The van der Waals surface area contributed by atoms with Crippen LogP contribution >= 0.6 is 0 Å². The molecule has 4 unspecified atom stereocenters. The minimum Gasteiger partial charge on any atom is -0.315 e. The number of aryl methyl sites for hydroxylation is 1. The number of carbonyl (C=O) groups is 1. The number of amides is 2. The van der Waals surface area contributed by atoms with E-state index in [0.29, 0.717) is 11.7 Å². The van der Waals surface area contributed by atoms with Crippen molar-refractivity contribution < 1.29 is 9.18 Å². The number of fused-ring (bicyclic) bond motifs is 1. The highest BCUT2D eigenvalue weighted by Gasteiger charge is 2.42. The van der Waals surface area contributed by atoms with E-state index < -0.39 is 11.8 Å². The number of hydrogen-bond acceptors (Lipinski definition) is 5. The van der Waals surface area contributed by atoms with Crippen LogP contribution in [0.5, 0.6) is 0 Å². The molecule has 8 nitrogen and oxygen atoms in total. The highest BCUT2D eigenvalue weighted by molar-refractivity contribution is 5.99. The molecule has 1 saturated heterocycles. The van der Waals surface area contributed by atoms with E-state index in [-0.39, 0.29) is 23.8 Å². The molecule has 2 aliphatic rings. The first-order chi connectivity index (χ1) is 13.0. The third-order valence-corrected chi connectivity index (χ3v) is 5.34. The quantitative estimate of drug-likeness (QED) is 0.566. The third-order valence-electron chi connectivity index (χ3n) is 5.34. The molecule has 1 saturated carbocycles. The van der Waals surface area contributed by atoms with Gasteiger partial charge in [-0.2, -0.15) is 5.10 Å². The van der Waals surface area contributed by atoms with Crippen LogP contribution in [0.15, 0.2) is 30.6 Å². The Labute approximate surface area is 156 Å². The largest absolute Gasteiger partial charge is 0.323 e. The minimum atomic E-state index is -0.513. The smallest absolute Gasteiger partial charge is 0.315 e. The lowest BCUT2D eigenvalue weighted by molar-refractivity contribution is 0.193. The van der Waals surface area contributed by atoms with E-state index in [4.69, 9.17) is 5.73 Å². The number of rotatable bonds is 3. The Bertz CT molecular complexity index is 837. The van der Waals surface area contributed by atoms with Gasteiger partial charge in [-0.15, -0.1) is 0 Å². The molecule has 144 valence electrons. The molecule has 27 heavy (non-hydrogen) atoms. The van der Waals surface area contributed by atoms with Crippen molar-refractivity contribution in [2.24, 2.45) is 11.7 Å². The summed E-state index contributed by atoms with van der Waals surface area (Å²) in [6, 6.07) is 4.54. The summed E-state index contributed by atoms with van der Waals surface area (Å²) >= 11 is 0. The summed E-state index contributed by atoms with van der Waals surface area (Å²) in [5, 5.41) is 9.65. The van der Waals surface area contributed by atoms with E-state index in [2.05, 4.69) is 26.6 Å². The SMILES string of the molecule is Cc1ccc(F)c(NC(=O)Nc2cnn(C3CCCC4NNC(N)C43)c2)c1. The Morgan fingerprint density at radius 1 is 1.33 bits per heavy atom. The summed E-state index contributed by atoms with van der Waals surface area (Å²) in [4.78, 5) is 12.2. The van der Waals surface area contributed by atoms with Crippen LogP contribution in [0.2, 0.25) is 0 Å². The van der Waals surface area contributed by atoms with Gasteiger partial charge in [0.2, 0.25) is 0 Å². The lowest BCUT2D eigenvalue weighted by atomic mass is 9.80. The van der Waals surface area contributed by atoms with E-state index in [1.807, 2.05) is 11.6 Å². The molecule has 1 aromatic carbocycles. The molecule has 4 rings (SSSR count). The van der Waals surface area contributed by atoms with Gasteiger partial charge >= 0.3 is 6.03 Å². The van der Waals surface area contributed by atoms with Crippen molar-refractivity contribution in [1.29, 1.82) is 0 Å². The fourth-order valence-corrected chi connectivity index (χ4v) is 4.07. The molecule has 1 aliphatic heterocycles. The number of nitrogens with one attached hydrogen (secondary N) is 4. The van der Waals surface area contributed by atoms with Crippen molar-refractivity contribution in [3.8, 4) is 0 Å². The fourth-order valence-electron chi connectivity index (χ4n) is 4.07. The highest BCUT2D eigenvalue weighted by atomic mass is 19.1. The maximum Gasteiger partial charge on any atom is 0.323 e. The Morgan fingerprint density at radius 3 is 3.04 bits per heavy atom. The molecule has 0 radical (unpaired) electrons. The topological polar surface area (TPSA) is 109 Å². The van der Waals surface area contributed by atoms with Gasteiger partial charge in [0.1, 0.15) is 5.82 Å². The predicted octanol–water partition coefficient (Wildman–Crippen LogP) is 2.08. The molecule has 2 aromatic rings. The zero-order valence-electron chi connectivity index (χ0n) is 15.1. The summed E-state index contributed by atoms with van der Waals surface area (Å²) in [6.07, 6.45) is 6.41. The van der Waals surface area contributed by atoms with E-state index in [9.17, 15) is 9.18 Å². The summed E-state index contributed by atoms with van der Waals surface area (Å²) < 4.78 is 15.7. The lowest BCUT2D eigenvalue weighted by Crippen LogP contribution is -2.43. The first-order valence-electron chi connectivity index (χ1n) is 9.16. The molecule has 9 heteroatoms. The monoisotopic (exact) mass is 373 g/mol. The van der Waals surface area contributed by atoms with Crippen molar-refractivity contribution in [1.82, 2.24) is 20.6 Å². The van der Waals surface area contributed by atoms with E-state index in [1.165, 1.54) is 6.07 Å². The molecule has 1 aromatic heterocycles. The van der Waals surface area contributed by atoms with Crippen LogP contribution in [-0.4, -0.2) is 28.0 Å². The zero-order chi connectivity index (χ0) is 19.0. The molecular formula is C18H24FN7O. The van der Waals surface area contributed by atoms with Gasteiger partial charge in [0.25, 0.3) is 0 Å². The van der Waals surface area contributed by atoms with Gasteiger partial charge in [-0.1, -0.05) is 6.07 Å². The number of urea groups is 1. The Morgan fingerprint density at radius 2 is 2.19 bits per heavy atom. The normalized spacial score (nSPS) is 27.2. The summed E-state index contributed by atoms with van der Waals surface area (Å²) in [5.74, 6) is -0.239. The second kappa shape index (κ2) is 7.26. The van der Waals surface area contributed by atoms with E-state index >= 15 is 0 Å².